The van der Waals surface area contributed by atoms with Gasteiger partial charge in [-0.25, -0.2) is 4.39 Å². The van der Waals surface area contributed by atoms with Crippen LogP contribution in [-0.2, 0) is 0 Å². The van der Waals surface area contributed by atoms with Crippen molar-refractivity contribution in [3.05, 3.63) is 64.0 Å². The first-order chi connectivity index (χ1) is 10.1. The van der Waals surface area contributed by atoms with Crippen molar-refractivity contribution >= 4 is 32.6 Å². The van der Waals surface area contributed by atoms with Crippen molar-refractivity contribution in [3.63, 3.8) is 0 Å². The average Bonchev–Trinajstić information content (AvgIpc) is 2.88. The van der Waals surface area contributed by atoms with Gasteiger partial charge in [0.15, 0.2) is 5.78 Å². The highest BCUT2D eigenvalue weighted by atomic mass is 79.9. The van der Waals surface area contributed by atoms with Crippen LogP contribution in [0, 0.1) is 5.82 Å². The Bertz CT molecular complexity index is 821. The lowest BCUT2D eigenvalue weighted by Crippen LogP contribution is -2.01. The van der Waals surface area contributed by atoms with Crippen molar-refractivity contribution in [2.45, 2.75) is 0 Å². The fourth-order valence-electron chi connectivity index (χ4n) is 2.25. The van der Waals surface area contributed by atoms with Crippen molar-refractivity contribution in [1.82, 2.24) is 4.98 Å². The average molecular weight is 348 g/mol. The second-order valence-corrected chi connectivity index (χ2v) is 5.52. The molecule has 0 atom stereocenters. The molecular weight excluding hydrogens is 337 g/mol. The van der Waals surface area contributed by atoms with Crippen molar-refractivity contribution in [1.29, 1.82) is 0 Å². The minimum atomic E-state index is -0.454. The minimum Gasteiger partial charge on any atom is -0.497 e. The van der Waals surface area contributed by atoms with Gasteiger partial charge in [0.2, 0.25) is 0 Å². The van der Waals surface area contributed by atoms with Crippen LogP contribution in [0.1, 0.15) is 15.9 Å². The van der Waals surface area contributed by atoms with Crippen LogP contribution >= 0.6 is 15.9 Å². The molecule has 0 amide bonds. The number of benzene rings is 2. The maximum Gasteiger partial charge on any atom is 0.195 e. The number of ether oxygens (including phenoxy) is 1. The van der Waals surface area contributed by atoms with E-state index in [1.54, 1.807) is 25.4 Å². The summed E-state index contributed by atoms with van der Waals surface area (Å²) < 4.78 is 19.2. The lowest BCUT2D eigenvalue weighted by atomic mass is 10.0. The van der Waals surface area contributed by atoms with Gasteiger partial charge < -0.3 is 9.72 Å². The summed E-state index contributed by atoms with van der Waals surface area (Å²) in [6.07, 6.45) is 1.63. The molecule has 0 spiro atoms. The van der Waals surface area contributed by atoms with Crippen LogP contribution in [0.3, 0.4) is 0 Å². The Morgan fingerprint density at radius 1 is 1.24 bits per heavy atom. The zero-order valence-corrected chi connectivity index (χ0v) is 12.7. The third-order valence-corrected chi connectivity index (χ3v) is 3.72. The quantitative estimate of drug-likeness (QED) is 0.717. The summed E-state index contributed by atoms with van der Waals surface area (Å²) in [6, 6.07) is 9.58. The molecule has 0 radical (unpaired) electrons. The molecule has 0 bridgehead atoms. The molecule has 0 unspecified atom stereocenters. The highest BCUT2D eigenvalue weighted by Crippen LogP contribution is 2.26. The molecule has 0 aliphatic carbocycles. The number of aromatic nitrogens is 1. The number of hydrogen-bond acceptors (Lipinski definition) is 2. The van der Waals surface area contributed by atoms with E-state index in [0.29, 0.717) is 21.3 Å². The Kier molecular flexibility index (Phi) is 3.51. The van der Waals surface area contributed by atoms with Gasteiger partial charge in [-0.3, -0.25) is 4.79 Å². The van der Waals surface area contributed by atoms with Gasteiger partial charge >= 0.3 is 0 Å². The van der Waals surface area contributed by atoms with E-state index in [0.717, 1.165) is 10.9 Å². The topological polar surface area (TPSA) is 42.1 Å². The summed E-state index contributed by atoms with van der Waals surface area (Å²) in [5.74, 6) is -0.0311. The van der Waals surface area contributed by atoms with Crippen molar-refractivity contribution in [3.8, 4) is 5.75 Å². The van der Waals surface area contributed by atoms with Crippen molar-refractivity contribution in [2.24, 2.45) is 0 Å². The molecule has 3 nitrogen and oxygen atoms in total. The Hall–Kier alpha value is -2.14. The van der Waals surface area contributed by atoms with Gasteiger partial charge in [-0.1, -0.05) is 15.9 Å². The number of aromatic amines is 1. The molecule has 0 saturated heterocycles. The SMILES string of the molecule is COc1ccc2[nH]cc(C(=O)c3cc(F)cc(Br)c3)c2c1. The zero-order valence-electron chi connectivity index (χ0n) is 11.1. The molecule has 5 heteroatoms. The van der Waals surface area contributed by atoms with Gasteiger partial charge in [0, 0.05) is 32.7 Å². The maximum atomic E-state index is 13.5. The van der Waals surface area contributed by atoms with Gasteiger partial charge in [-0.15, -0.1) is 0 Å². The second kappa shape index (κ2) is 5.33. The number of H-pyrrole nitrogens is 1. The van der Waals surface area contributed by atoms with E-state index in [4.69, 9.17) is 4.74 Å². The van der Waals surface area contributed by atoms with Crippen LogP contribution in [0.5, 0.6) is 5.75 Å². The molecular formula is C16H11BrFNO2. The van der Waals surface area contributed by atoms with E-state index in [1.165, 1.54) is 12.1 Å². The third-order valence-electron chi connectivity index (χ3n) is 3.26. The van der Waals surface area contributed by atoms with E-state index in [-0.39, 0.29) is 5.78 Å². The van der Waals surface area contributed by atoms with E-state index in [2.05, 4.69) is 20.9 Å². The van der Waals surface area contributed by atoms with Gasteiger partial charge in [0.25, 0.3) is 0 Å². The van der Waals surface area contributed by atoms with Crippen molar-refractivity contribution in [2.75, 3.05) is 7.11 Å². The van der Waals surface area contributed by atoms with E-state index in [1.807, 2.05) is 12.1 Å². The van der Waals surface area contributed by atoms with Crippen molar-refractivity contribution < 1.29 is 13.9 Å². The number of ketones is 1. The fourth-order valence-corrected chi connectivity index (χ4v) is 2.72. The monoisotopic (exact) mass is 347 g/mol. The minimum absolute atomic E-state index is 0.241. The number of carbonyl (C=O) groups is 1. The first kappa shape index (κ1) is 13.8. The first-order valence-corrected chi connectivity index (χ1v) is 7.03. The molecule has 1 heterocycles. The van der Waals surface area contributed by atoms with Crippen LogP contribution in [0.2, 0.25) is 0 Å². The standard InChI is InChI=1S/C16H11BrFNO2/c1-21-12-2-3-15-13(7-12)14(8-19-15)16(20)9-4-10(17)6-11(18)5-9/h2-8,19H,1H3. The summed E-state index contributed by atoms with van der Waals surface area (Å²) in [5.41, 5.74) is 1.61. The van der Waals surface area contributed by atoms with Gasteiger partial charge in [-0.05, 0) is 36.4 Å². The zero-order chi connectivity index (χ0) is 15.0. The van der Waals surface area contributed by atoms with Gasteiger partial charge in [0.05, 0.1) is 7.11 Å². The lowest BCUT2D eigenvalue weighted by molar-refractivity contribution is 0.104. The Morgan fingerprint density at radius 2 is 2.05 bits per heavy atom. The third kappa shape index (κ3) is 2.56. The van der Waals surface area contributed by atoms with Crippen LogP contribution in [0.15, 0.2) is 47.1 Å². The summed E-state index contributed by atoms with van der Waals surface area (Å²) in [4.78, 5) is 15.6. The van der Waals surface area contributed by atoms with Crippen LogP contribution in [0.25, 0.3) is 10.9 Å². The number of nitrogens with one attached hydrogen (secondary N) is 1. The highest BCUT2D eigenvalue weighted by Gasteiger charge is 2.16. The molecule has 2 aromatic carbocycles. The lowest BCUT2D eigenvalue weighted by Gasteiger charge is -2.03. The predicted molar refractivity (Wildman–Crippen MR) is 82.4 cm³/mol. The number of halogens is 2. The van der Waals surface area contributed by atoms with E-state index >= 15 is 0 Å². The number of carbonyl (C=O) groups excluding carboxylic acids is 1. The van der Waals surface area contributed by atoms with Crippen LogP contribution < -0.4 is 4.74 Å². The largest absolute Gasteiger partial charge is 0.497 e. The highest BCUT2D eigenvalue weighted by molar-refractivity contribution is 9.10. The normalized spacial score (nSPS) is 10.8. The Morgan fingerprint density at radius 3 is 2.76 bits per heavy atom. The van der Waals surface area contributed by atoms with Crippen LogP contribution in [0.4, 0.5) is 4.39 Å². The fraction of sp³-hybridized carbons (Fsp3) is 0.0625. The number of methoxy groups -OCH3 is 1. The molecule has 0 aliphatic rings. The van der Waals surface area contributed by atoms with E-state index < -0.39 is 5.82 Å². The molecule has 21 heavy (non-hydrogen) atoms. The van der Waals surface area contributed by atoms with Gasteiger partial charge in [0.1, 0.15) is 11.6 Å². The first-order valence-electron chi connectivity index (χ1n) is 6.24. The second-order valence-electron chi connectivity index (χ2n) is 4.60. The molecule has 1 aromatic heterocycles. The molecule has 0 saturated carbocycles. The smallest absolute Gasteiger partial charge is 0.195 e. The summed E-state index contributed by atoms with van der Waals surface area (Å²) in [7, 11) is 1.57. The van der Waals surface area contributed by atoms with E-state index in [9.17, 15) is 9.18 Å². The molecule has 3 rings (SSSR count). The molecule has 106 valence electrons. The molecule has 0 fully saturated rings. The Balaban J connectivity index is 2.13. The summed E-state index contributed by atoms with van der Waals surface area (Å²) >= 11 is 3.20. The predicted octanol–water partition coefficient (Wildman–Crippen LogP) is 4.31. The number of fused-ring (bicyclic) bond motifs is 1. The van der Waals surface area contributed by atoms with Crippen LogP contribution in [-0.4, -0.2) is 17.9 Å². The number of hydrogen-bond donors (Lipinski definition) is 1. The molecule has 3 aromatic rings. The number of rotatable bonds is 3. The molecule has 0 aliphatic heterocycles. The maximum absolute atomic E-state index is 13.5. The summed E-state index contributed by atoms with van der Waals surface area (Å²) in [6.45, 7) is 0. The Labute approximate surface area is 128 Å². The summed E-state index contributed by atoms with van der Waals surface area (Å²) in [5, 5.41) is 0.750. The molecule has 1 N–H and O–H groups in total. The van der Waals surface area contributed by atoms with Gasteiger partial charge in [-0.2, -0.15) is 0 Å².